The van der Waals surface area contributed by atoms with E-state index in [1.54, 1.807) is 0 Å². The van der Waals surface area contributed by atoms with E-state index in [0.717, 1.165) is 12.1 Å². The molecule has 18 heavy (non-hydrogen) atoms. The van der Waals surface area contributed by atoms with Crippen LogP contribution >= 0.6 is 0 Å². The van der Waals surface area contributed by atoms with Crippen LogP contribution in [0.5, 0.6) is 0 Å². The van der Waals surface area contributed by atoms with Gasteiger partial charge in [0.05, 0.1) is 0 Å². The number of halogens is 2. The van der Waals surface area contributed by atoms with Gasteiger partial charge in [0, 0.05) is 24.4 Å². The third-order valence-electron chi connectivity index (χ3n) is 2.60. The van der Waals surface area contributed by atoms with Crippen molar-refractivity contribution in [3.63, 3.8) is 0 Å². The fourth-order valence-corrected chi connectivity index (χ4v) is 1.75. The van der Waals surface area contributed by atoms with Crippen LogP contribution in [0.15, 0.2) is 24.5 Å². The van der Waals surface area contributed by atoms with Gasteiger partial charge < -0.3 is 5.73 Å². The molecule has 2 rings (SSSR count). The first-order valence-electron chi connectivity index (χ1n) is 5.40. The number of amidine groups is 1. The van der Waals surface area contributed by atoms with Crippen molar-refractivity contribution in [3.8, 4) is 5.69 Å². The van der Waals surface area contributed by atoms with Crippen molar-refractivity contribution in [2.75, 3.05) is 0 Å². The average Bonchev–Trinajstić information content (AvgIpc) is 2.76. The number of hydrogen-bond donors (Lipinski definition) is 2. The van der Waals surface area contributed by atoms with Gasteiger partial charge in [0.1, 0.15) is 17.3 Å². The largest absolute Gasteiger partial charge is 0.384 e. The molecular formula is C12H12F2N4. The van der Waals surface area contributed by atoms with Crippen molar-refractivity contribution < 1.29 is 8.78 Å². The molecule has 0 aliphatic heterocycles. The highest BCUT2D eigenvalue weighted by molar-refractivity contribution is 5.95. The predicted octanol–water partition coefficient (Wildman–Crippen LogP) is 2.00. The summed E-state index contributed by atoms with van der Waals surface area (Å²) < 4.78 is 29.2. The Kier molecular flexibility index (Phi) is 3.10. The highest BCUT2D eigenvalue weighted by atomic mass is 19.1. The number of rotatable bonds is 3. The van der Waals surface area contributed by atoms with Gasteiger partial charge in [0.2, 0.25) is 0 Å². The van der Waals surface area contributed by atoms with Crippen LogP contribution in [-0.2, 0) is 6.42 Å². The van der Waals surface area contributed by atoms with Crippen molar-refractivity contribution >= 4 is 5.84 Å². The summed E-state index contributed by atoms with van der Waals surface area (Å²) in [6, 6.07) is 2.08. The molecule has 1 aromatic carbocycles. The first-order valence-corrected chi connectivity index (χ1v) is 5.40. The van der Waals surface area contributed by atoms with Gasteiger partial charge in [0.15, 0.2) is 11.6 Å². The van der Waals surface area contributed by atoms with Gasteiger partial charge in [-0.2, -0.15) is 0 Å². The Morgan fingerprint density at radius 2 is 2.00 bits per heavy atom. The first kappa shape index (κ1) is 12.2. The van der Waals surface area contributed by atoms with Gasteiger partial charge in [-0.15, -0.1) is 0 Å². The van der Waals surface area contributed by atoms with Gasteiger partial charge in [-0.1, -0.05) is 6.92 Å². The Hall–Kier alpha value is -2.24. The molecule has 1 heterocycles. The summed E-state index contributed by atoms with van der Waals surface area (Å²) in [5.74, 6) is -1.36. The summed E-state index contributed by atoms with van der Waals surface area (Å²) in [6.07, 6.45) is 3.53. The number of aryl methyl sites for hydroxylation is 1. The monoisotopic (exact) mass is 250 g/mol. The minimum absolute atomic E-state index is 0.0203. The minimum atomic E-state index is -0.770. The molecule has 4 nitrogen and oxygen atoms in total. The molecule has 0 aliphatic carbocycles. The molecule has 0 fully saturated rings. The summed E-state index contributed by atoms with van der Waals surface area (Å²) >= 11 is 0. The van der Waals surface area contributed by atoms with E-state index in [1.807, 2.05) is 6.92 Å². The van der Waals surface area contributed by atoms with Crippen LogP contribution in [0.4, 0.5) is 8.78 Å². The smallest absolute Gasteiger partial charge is 0.150 e. The Morgan fingerprint density at radius 3 is 2.50 bits per heavy atom. The van der Waals surface area contributed by atoms with Gasteiger partial charge in [-0.3, -0.25) is 9.98 Å². The average molecular weight is 250 g/mol. The molecule has 0 bridgehead atoms. The summed E-state index contributed by atoms with van der Waals surface area (Å²) in [6.45, 7) is 1.85. The predicted molar refractivity (Wildman–Crippen MR) is 63.9 cm³/mol. The van der Waals surface area contributed by atoms with Crippen LogP contribution in [0.1, 0.15) is 18.3 Å². The SMILES string of the molecule is CCc1nccn1-c1c(F)cc(C(=N)N)cc1F. The molecule has 0 radical (unpaired) electrons. The van der Waals surface area contributed by atoms with E-state index in [4.69, 9.17) is 11.1 Å². The zero-order valence-corrected chi connectivity index (χ0v) is 9.74. The van der Waals surface area contributed by atoms with Gasteiger partial charge in [-0.25, -0.2) is 13.8 Å². The van der Waals surface area contributed by atoms with Crippen LogP contribution in [0.3, 0.4) is 0 Å². The number of nitrogens with two attached hydrogens (primary N) is 1. The van der Waals surface area contributed by atoms with Gasteiger partial charge in [0.25, 0.3) is 0 Å². The molecule has 2 aromatic rings. The fraction of sp³-hybridized carbons (Fsp3) is 0.167. The number of aromatic nitrogens is 2. The van der Waals surface area contributed by atoms with E-state index in [0.29, 0.717) is 12.2 Å². The molecule has 6 heteroatoms. The normalized spacial score (nSPS) is 10.6. The second-order valence-corrected chi connectivity index (χ2v) is 3.77. The Balaban J connectivity index is 2.62. The standard InChI is InChI=1S/C12H12F2N4/c1-2-10-17-3-4-18(10)11-8(13)5-7(12(15)16)6-9(11)14/h3-6H,2H2,1H3,(H3,15,16). The Labute approximate surface area is 103 Å². The highest BCUT2D eigenvalue weighted by Gasteiger charge is 2.16. The maximum Gasteiger partial charge on any atom is 0.150 e. The van der Waals surface area contributed by atoms with Crippen molar-refractivity contribution in [2.24, 2.45) is 5.73 Å². The first-order chi connectivity index (χ1) is 8.54. The number of benzene rings is 1. The third-order valence-corrected chi connectivity index (χ3v) is 2.60. The topological polar surface area (TPSA) is 67.7 Å². The molecule has 0 amide bonds. The Bertz CT molecular complexity index is 581. The number of imidazole rings is 1. The van der Waals surface area contributed by atoms with Gasteiger partial charge >= 0.3 is 0 Å². The molecule has 0 saturated carbocycles. The van der Waals surface area contributed by atoms with Crippen LogP contribution in [0, 0.1) is 17.0 Å². The molecule has 94 valence electrons. The summed E-state index contributed by atoms with van der Waals surface area (Å²) in [5.41, 5.74) is 5.03. The van der Waals surface area contributed by atoms with E-state index in [2.05, 4.69) is 4.98 Å². The lowest BCUT2D eigenvalue weighted by atomic mass is 10.1. The maximum absolute atomic E-state index is 13.9. The number of nitrogen functional groups attached to an aromatic ring is 1. The lowest BCUT2D eigenvalue weighted by Crippen LogP contribution is -2.13. The lowest BCUT2D eigenvalue weighted by molar-refractivity contribution is 0.565. The molecule has 0 spiro atoms. The number of nitrogens with zero attached hydrogens (tertiary/aromatic N) is 2. The van der Waals surface area contributed by atoms with E-state index in [-0.39, 0.29) is 17.1 Å². The Morgan fingerprint density at radius 1 is 1.39 bits per heavy atom. The van der Waals surface area contributed by atoms with Crippen molar-refractivity contribution in [1.82, 2.24) is 9.55 Å². The van der Waals surface area contributed by atoms with Crippen LogP contribution in [-0.4, -0.2) is 15.4 Å². The van der Waals surface area contributed by atoms with Crippen molar-refractivity contribution in [2.45, 2.75) is 13.3 Å². The third kappa shape index (κ3) is 1.97. The lowest BCUT2D eigenvalue weighted by Gasteiger charge is -2.10. The van der Waals surface area contributed by atoms with Crippen LogP contribution < -0.4 is 5.73 Å². The van der Waals surface area contributed by atoms with E-state index in [9.17, 15) is 8.78 Å². The molecule has 0 unspecified atom stereocenters. The molecule has 0 aliphatic rings. The van der Waals surface area contributed by atoms with E-state index < -0.39 is 11.6 Å². The summed E-state index contributed by atoms with van der Waals surface area (Å²) in [7, 11) is 0. The maximum atomic E-state index is 13.9. The quantitative estimate of drug-likeness (QED) is 0.646. The summed E-state index contributed by atoms with van der Waals surface area (Å²) in [5, 5.41) is 7.18. The highest BCUT2D eigenvalue weighted by Crippen LogP contribution is 2.21. The fourth-order valence-electron chi connectivity index (χ4n) is 1.75. The second-order valence-electron chi connectivity index (χ2n) is 3.77. The van der Waals surface area contributed by atoms with Crippen LogP contribution in [0.25, 0.3) is 5.69 Å². The van der Waals surface area contributed by atoms with E-state index in [1.165, 1.54) is 17.0 Å². The second kappa shape index (κ2) is 4.56. The number of hydrogen-bond acceptors (Lipinski definition) is 2. The molecule has 0 atom stereocenters. The van der Waals surface area contributed by atoms with Crippen molar-refractivity contribution in [3.05, 3.63) is 47.5 Å². The molecule has 1 aromatic heterocycles. The molecule has 3 N–H and O–H groups in total. The van der Waals surface area contributed by atoms with Crippen molar-refractivity contribution in [1.29, 1.82) is 5.41 Å². The van der Waals surface area contributed by atoms with E-state index >= 15 is 0 Å². The molecule has 0 saturated heterocycles. The van der Waals surface area contributed by atoms with Crippen LogP contribution in [0.2, 0.25) is 0 Å². The summed E-state index contributed by atoms with van der Waals surface area (Å²) in [4.78, 5) is 4.01. The zero-order valence-electron chi connectivity index (χ0n) is 9.74. The zero-order chi connectivity index (χ0) is 13.3. The molecular weight excluding hydrogens is 238 g/mol. The van der Waals surface area contributed by atoms with Gasteiger partial charge in [-0.05, 0) is 12.1 Å². The number of nitrogens with one attached hydrogen (secondary N) is 1. The minimum Gasteiger partial charge on any atom is -0.384 e.